The van der Waals surface area contributed by atoms with E-state index in [0.717, 1.165) is 0 Å². The Morgan fingerprint density at radius 1 is 1.29 bits per heavy atom. The molecule has 0 unspecified atom stereocenters. The number of anilines is 1. The lowest BCUT2D eigenvalue weighted by atomic mass is 10.2. The lowest BCUT2D eigenvalue weighted by Crippen LogP contribution is -2.27. The van der Waals surface area contributed by atoms with E-state index in [1.54, 1.807) is 26.8 Å². The molecule has 0 fully saturated rings. The van der Waals surface area contributed by atoms with Gasteiger partial charge in [0.25, 0.3) is 0 Å². The summed E-state index contributed by atoms with van der Waals surface area (Å²) in [5.74, 6) is 0.300. The number of aromatic nitrogens is 1. The number of ether oxygens (including phenoxy) is 2. The van der Waals surface area contributed by atoms with Gasteiger partial charge in [0.1, 0.15) is 11.4 Å². The quantitative estimate of drug-likeness (QED) is 0.319. The normalized spacial score (nSPS) is 12.2. The fraction of sp³-hybridized carbons (Fsp3) is 0.588. The molecule has 28 heavy (non-hydrogen) atoms. The Morgan fingerprint density at radius 3 is 2.54 bits per heavy atom. The van der Waals surface area contributed by atoms with Crippen molar-refractivity contribution in [2.45, 2.75) is 45.0 Å². The summed E-state index contributed by atoms with van der Waals surface area (Å²) >= 11 is 0. The molecule has 1 aromatic rings. The first-order valence-corrected chi connectivity index (χ1v) is 11.0. The van der Waals surface area contributed by atoms with Gasteiger partial charge in [-0.05, 0) is 51.5 Å². The zero-order valence-corrected chi connectivity index (χ0v) is 17.4. The molecule has 10 nitrogen and oxygen atoms in total. The van der Waals surface area contributed by atoms with Gasteiger partial charge in [0.15, 0.2) is 0 Å². The molecule has 11 heteroatoms. The first-order chi connectivity index (χ1) is 12.9. The van der Waals surface area contributed by atoms with E-state index in [0.29, 0.717) is 25.0 Å². The molecule has 1 aromatic heterocycles. The summed E-state index contributed by atoms with van der Waals surface area (Å²) in [5.41, 5.74) is -0.192. The van der Waals surface area contributed by atoms with Crippen molar-refractivity contribution in [2.24, 2.45) is 4.36 Å². The first-order valence-electron chi connectivity index (χ1n) is 8.69. The van der Waals surface area contributed by atoms with Crippen molar-refractivity contribution in [2.75, 3.05) is 24.8 Å². The molecule has 0 saturated heterocycles. The van der Waals surface area contributed by atoms with Crippen molar-refractivity contribution in [3.8, 4) is 5.88 Å². The Labute approximate surface area is 165 Å². The van der Waals surface area contributed by atoms with Gasteiger partial charge in [0.2, 0.25) is 5.88 Å². The van der Waals surface area contributed by atoms with Gasteiger partial charge in [-0.1, -0.05) is 10.1 Å². The molecule has 0 aliphatic rings. The summed E-state index contributed by atoms with van der Waals surface area (Å²) in [6.07, 6.45) is 0.390. The Morgan fingerprint density at radius 2 is 1.96 bits per heavy atom. The number of hydrogen-bond donors (Lipinski definition) is 5. The third-order valence-electron chi connectivity index (χ3n) is 3.08. The third kappa shape index (κ3) is 10.2. The number of thiol groups is 1. The number of aliphatic hydroxyl groups is 1. The largest absolute Gasteiger partial charge is 0.478 e. The first kappa shape index (κ1) is 23.8. The molecular weight excluding hydrogens is 390 g/mol. The number of rotatable bonds is 8. The highest BCUT2D eigenvalue weighted by molar-refractivity contribution is 7.98. The van der Waals surface area contributed by atoms with E-state index < -0.39 is 27.9 Å². The van der Waals surface area contributed by atoms with Gasteiger partial charge >= 0.3 is 12.2 Å². The lowest BCUT2D eigenvalue weighted by Gasteiger charge is -2.20. The minimum atomic E-state index is -3.10. The van der Waals surface area contributed by atoms with Crippen LogP contribution in [0.4, 0.5) is 15.4 Å². The number of nitrogens with one attached hydrogen (secondary N) is 1. The van der Waals surface area contributed by atoms with Crippen LogP contribution in [0.5, 0.6) is 5.88 Å². The average molecular weight is 420 g/mol. The number of carbonyl (C=O) groups excluding carboxylic acids is 1. The van der Waals surface area contributed by atoms with E-state index in [1.165, 1.54) is 12.3 Å². The zero-order valence-electron chi connectivity index (χ0n) is 16.5. The van der Waals surface area contributed by atoms with Gasteiger partial charge in [-0.3, -0.25) is 5.32 Å². The second kappa shape index (κ2) is 10.3. The number of unbranched alkanes of at least 4 members (excludes halogenated alkanes) is 1. The zero-order chi connectivity index (χ0) is 21.4. The minimum absolute atomic E-state index is 0.0299. The van der Waals surface area contributed by atoms with Crippen LogP contribution >= 0.6 is 0 Å². The Kier molecular flexibility index (Phi) is 8.79. The predicted molar refractivity (Wildman–Crippen MR) is 107 cm³/mol. The number of hydrogen-bond acceptors (Lipinski definition) is 6. The number of nitrogens with zero attached hydrogens (tertiary/aromatic N) is 2. The summed E-state index contributed by atoms with van der Waals surface area (Å²) in [5, 5.41) is 20.1. The predicted octanol–water partition coefficient (Wildman–Crippen LogP) is 2.93. The maximum Gasteiger partial charge on any atom is 0.437 e. The summed E-state index contributed by atoms with van der Waals surface area (Å²) < 4.78 is 24.3. The van der Waals surface area contributed by atoms with E-state index >= 15 is 0 Å². The van der Waals surface area contributed by atoms with Crippen molar-refractivity contribution in [3.05, 3.63) is 17.7 Å². The summed E-state index contributed by atoms with van der Waals surface area (Å²) in [6, 6.07) is 3.04. The fourth-order valence-electron chi connectivity index (χ4n) is 2.15. The van der Waals surface area contributed by atoms with Gasteiger partial charge in [-0.25, -0.2) is 9.59 Å². The number of amides is 2. The summed E-state index contributed by atoms with van der Waals surface area (Å²) in [7, 11) is -3.10. The molecule has 0 saturated carbocycles. The van der Waals surface area contributed by atoms with Crippen LogP contribution in [0.15, 0.2) is 16.5 Å². The monoisotopic (exact) mass is 419 g/mol. The number of carbonyl (C=O) groups is 2. The molecule has 1 rings (SSSR count). The Hall–Kier alpha value is -2.24. The highest BCUT2D eigenvalue weighted by Crippen LogP contribution is 2.21. The minimum Gasteiger partial charge on any atom is -0.478 e. The fourth-order valence-corrected chi connectivity index (χ4v) is 3.47. The maximum absolute atomic E-state index is 12.0. The molecule has 2 amide bonds. The molecule has 4 N–H and O–H groups in total. The smallest absolute Gasteiger partial charge is 0.437 e. The summed E-state index contributed by atoms with van der Waals surface area (Å²) in [4.78, 5) is 27.0. The standard InChI is InChI=1S/C17H29N3O7S/c1-17(2,3)27-16(24)19-13-9-12(11-28(4,25)20-15(22)23)10-14(18-13)26-8-6-5-7-21/h9-10,21,28H,5-8,11H2,1-4H3,(H,20,25)(H,22,23)(H,18,19,24). The van der Waals surface area contributed by atoms with Crippen LogP contribution in [-0.4, -0.2) is 57.0 Å². The van der Waals surface area contributed by atoms with Crippen LogP contribution in [0, 0.1) is 0 Å². The van der Waals surface area contributed by atoms with E-state index in [4.69, 9.17) is 19.7 Å². The highest BCUT2D eigenvalue weighted by Gasteiger charge is 2.18. The van der Waals surface area contributed by atoms with Crippen LogP contribution in [-0.2, 0) is 20.6 Å². The van der Waals surface area contributed by atoms with Crippen molar-refractivity contribution in [1.29, 1.82) is 0 Å². The van der Waals surface area contributed by atoms with Crippen LogP contribution in [0.1, 0.15) is 39.2 Å². The maximum atomic E-state index is 12.0. The van der Waals surface area contributed by atoms with Crippen LogP contribution in [0.3, 0.4) is 0 Å². The molecule has 0 aliphatic carbocycles. The topological polar surface area (TPSA) is 151 Å². The van der Waals surface area contributed by atoms with Crippen molar-refractivity contribution in [1.82, 2.24) is 4.98 Å². The van der Waals surface area contributed by atoms with Gasteiger partial charge in [0, 0.05) is 18.4 Å². The van der Waals surface area contributed by atoms with E-state index in [1.807, 2.05) is 0 Å². The van der Waals surface area contributed by atoms with Crippen LogP contribution in [0.2, 0.25) is 0 Å². The van der Waals surface area contributed by atoms with Crippen LogP contribution < -0.4 is 10.1 Å². The number of aliphatic hydroxyl groups excluding tert-OH is 1. The van der Waals surface area contributed by atoms with E-state index in [2.05, 4.69) is 14.7 Å². The number of pyridine rings is 1. The Balaban J connectivity index is 3.06. The molecule has 0 bridgehead atoms. The lowest BCUT2D eigenvalue weighted by molar-refractivity contribution is 0.0635. The summed E-state index contributed by atoms with van der Waals surface area (Å²) in [6.45, 7) is 5.52. The van der Waals surface area contributed by atoms with Crippen molar-refractivity contribution >= 4 is 28.1 Å². The molecular formula is C17H29N3O7S. The molecule has 0 spiro atoms. The average Bonchev–Trinajstić information content (AvgIpc) is 2.47. The molecule has 0 aliphatic heterocycles. The van der Waals surface area contributed by atoms with Gasteiger partial charge < -0.3 is 24.2 Å². The second-order valence-electron chi connectivity index (χ2n) is 7.23. The van der Waals surface area contributed by atoms with E-state index in [-0.39, 0.29) is 24.1 Å². The molecule has 0 radical (unpaired) electrons. The van der Waals surface area contributed by atoms with Gasteiger partial charge in [0.05, 0.1) is 6.61 Å². The molecule has 1 heterocycles. The highest BCUT2D eigenvalue weighted by atomic mass is 32.3. The van der Waals surface area contributed by atoms with Gasteiger partial charge in [-0.2, -0.15) is 9.35 Å². The molecule has 160 valence electrons. The SMILES string of the molecule is CC(C)(C)OC(=O)Nc1cc(C[SH](C)(O)=NC(=O)O)cc(OCCCCO)n1. The van der Waals surface area contributed by atoms with Crippen LogP contribution in [0.25, 0.3) is 0 Å². The number of carboxylic acid groups (broad SMARTS) is 1. The van der Waals surface area contributed by atoms with E-state index in [9.17, 15) is 14.1 Å². The van der Waals surface area contributed by atoms with Crippen molar-refractivity contribution in [3.63, 3.8) is 0 Å². The molecule has 0 aromatic carbocycles. The molecule has 0 atom stereocenters. The Bertz CT molecular complexity index is 741. The third-order valence-corrected chi connectivity index (χ3v) is 4.64. The van der Waals surface area contributed by atoms with Crippen molar-refractivity contribution < 1.29 is 33.8 Å². The second-order valence-corrected chi connectivity index (χ2v) is 9.93. The van der Waals surface area contributed by atoms with Gasteiger partial charge in [-0.15, -0.1) is 0 Å².